The second kappa shape index (κ2) is 3.88. The number of ether oxygens (including phenoxy) is 1. The van der Waals surface area contributed by atoms with Gasteiger partial charge < -0.3 is 4.74 Å². The first kappa shape index (κ1) is 11.1. The highest BCUT2D eigenvalue weighted by Crippen LogP contribution is 2.29. The number of fused-ring (bicyclic) bond motifs is 1. The Bertz CT molecular complexity index is 642. The van der Waals surface area contributed by atoms with Gasteiger partial charge in [-0.05, 0) is 12.1 Å². The van der Waals surface area contributed by atoms with Crippen molar-refractivity contribution in [3.63, 3.8) is 0 Å². The van der Waals surface area contributed by atoms with Crippen molar-refractivity contribution in [2.75, 3.05) is 7.11 Å². The van der Waals surface area contributed by atoms with Gasteiger partial charge in [-0.25, -0.2) is 13.4 Å². The number of benzene rings is 1. The van der Waals surface area contributed by atoms with Crippen LogP contribution < -0.4 is 4.74 Å². The molecule has 2 rings (SSSR count). The zero-order valence-corrected chi connectivity index (χ0v) is 9.79. The molecule has 0 saturated carbocycles. The summed E-state index contributed by atoms with van der Waals surface area (Å²) >= 11 is 0. The molecular weight excluding hydrogens is 252 g/mol. The second-order valence-electron chi connectivity index (χ2n) is 2.96. The largest absolute Gasteiger partial charge is 0.494 e. The normalized spacial score (nSPS) is 11.6. The number of halogens is 1. The predicted molar refractivity (Wildman–Crippen MR) is 59.1 cm³/mol. The Morgan fingerprint density at radius 3 is 2.38 bits per heavy atom. The third-order valence-corrected chi connectivity index (χ3v) is 3.39. The van der Waals surface area contributed by atoms with E-state index in [1.807, 2.05) is 0 Å². The molecule has 0 N–H and O–H groups in total. The van der Waals surface area contributed by atoms with Crippen molar-refractivity contribution < 1.29 is 13.2 Å². The number of rotatable bonds is 2. The second-order valence-corrected chi connectivity index (χ2v) is 5.49. The van der Waals surface area contributed by atoms with Gasteiger partial charge in [0.25, 0.3) is 9.05 Å². The van der Waals surface area contributed by atoms with Crippen LogP contribution in [0, 0.1) is 0 Å². The number of nitrogens with zero attached hydrogens (tertiary/aromatic N) is 2. The summed E-state index contributed by atoms with van der Waals surface area (Å²) in [6, 6.07) is 2.84. The molecule has 0 fully saturated rings. The Morgan fingerprint density at radius 2 is 1.81 bits per heavy atom. The van der Waals surface area contributed by atoms with Crippen molar-refractivity contribution in [3.8, 4) is 5.75 Å². The number of hydrogen-bond donors (Lipinski definition) is 0. The first-order valence-corrected chi connectivity index (χ1v) is 6.57. The Labute approximate surface area is 96.5 Å². The molecule has 2 aromatic rings. The van der Waals surface area contributed by atoms with Crippen molar-refractivity contribution in [1.29, 1.82) is 0 Å². The number of hydrogen-bond acceptors (Lipinski definition) is 5. The molecule has 0 spiro atoms. The lowest BCUT2D eigenvalue weighted by Crippen LogP contribution is -1.97. The average Bonchev–Trinajstić information content (AvgIpc) is 2.26. The molecule has 84 valence electrons. The van der Waals surface area contributed by atoms with Crippen LogP contribution in [0.15, 0.2) is 29.4 Å². The van der Waals surface area contributed by atoms with E-state index in [4.69, 9.17) is 15.4 Å². The van der Waals surface area contributed by atoms with E-state index in [1.54, 1.807) is 0 Å². The van der Waals surface area contributed by atoms with E-state index < -0.39 is 9.05 Å². The molecule has 1 aromatic carbocycles. The smallest absolute Gasteiger partial charge is 0.263 e. The van der Waals surface area contributed by atoms with Gasteiger partial charge in [0.15, 0.2) is 0 Å². The van der Waals surface area contributed by atoms with Crippen molar-refractivity contribution >= 4 is 30.8 Å². The van der Waals surface area contributed by atoms with Gasteiger partial charge in [-0.2, -0.15) is 0 Å². The summed E-state index contributed by atoms with van der Waals surface area (Å²) < 4.78 is 27.7. The quantitative estimate of drug-likeness (QED) is 0.765. The van der Waals surface area contributed by atoms with E-state index in [-0.39, 0.29) is 10.4 Å². The Balaban J connectivity index is 2.91. The van der Waals surface area contributed by atoms with Crippen molar-refractivity contribution in [2.45, 2.75) is 4.90 Å². The van der Waals surface area contributed by atoms with E-state index in [0.29, 0.717) is 11.3 Å². The van der Waals surface area contributed by atoms with Crippen molar-refractivity contribution in [2.24, 2.45) is 0 Å². The Morgan fingerprint density at radius 1 is 1.19 bits per heavy atom. The minimum atomic E-state index is -3.84. The summed E-state index contributed by atoms with van der Waals surface area (Å²) in [7, 11) is 2.93. The van der Waals surface area contributed by atoms with E-state index in [2.05, 4.69) is 9.97 Å². The standard InChI is InChI=1S/C9H7ClN2O3S/c1-15-6-2-3-7(16(10,13)14)9-8(6)11-4-5-12-9/h2-5H,1H3. The summed E-state index contributed by atoms with van der Waals surface area (Å²) in [4.78, 5) is 7.89. The first-order valence-electron chi connectivity index (χ1n) is 4.26. The SMILES string of the molecule is COc1ccc(S(=O)(=O)Cl)c2nccnc12. The topological polar surface area (TPSA) is 69.2 Å². The number of methoxy groups -OCH3 is 1. The van der Waals surface area contributed by atoms with Crippen molar-refractivity contribution in [3.05, 3.63) is 24.5 Å². The molecule has 0 bridgehead atoms. The molecule has 0 saturated heterocycles. The van der Waals surface area contributed by atoms with E-state index in [0.717, 1.165) is 0 Å². The van der Waals surface area contributed by atoms with Crippen LogP contribution in [-0.4, -0.2) is 25.5 Å². The third-order valence-electron chi connectivity index (χ3n) is 2.03. The summed E-state index contributed by atoms with van der Waals surface area (Å²) in [5, 5.41) is 0. The monoisotopic (exact) mass is 258 g/mol. The molecule has 0 atom stereocenters. The van der Waals surface area contributed by atoms with Crippen LogP contribution in [0.25, 0.3) is 11.0 Å². The van der Waals surface area contributed by atoms with Gasteiger partial charge in [0.05, 0.1) is 7.11 Å². The van der Waals surface area contributed by atoms with E-state index in [9.17, 15) is 8.42 Å². The molecule has 0 amide bonds. The molecule has 0 aliphatic carbocycles. The van der Waals surface area contributed by atoms with Crippen LogP contribution in [0.5, 0.6) is 5.75 Å². The highest BCUT2D eigenvalue weighted by atomic mass is 35.7. The van der Waals surface area contributed by atoms with Crippen LogP contribution in [-0.2, 0) is 9.05 Å². The van der Waals surface area contributed by atoms with E-state index >= 15 is 0 Å². The Kier molecular flexibility index (Phi) is 2.69. The molecule has 0 radical (unpaired) electrons. The predicted octanol–water partition coefficient (Wildman–Crippen LogP) is 1.57. The fourth-order valence-corrected chi connectivity index (χ4v) is 2.35. The van der Waals surface area contributed by atoms with Gasteiger partial charge in [0.1, 0.15) is 21.7 Å². The van der Waals surface area contributed by atoms with Gasteiger partial charge in [-0.15, -0.1) is 0 Å². The lowest BCUT2D eigenvalue weighted by Gasteiger charge is -2.05. The molecular formula is C9H7ClN2O3S. The fraction of sp³-hybridized carbons (Fsp3) is 0.111. The summed E-state index contributed by atoms with van der Waals surface area (Å²) in [6.45, 7) is 0. The lowest BCUT2D eigenvalue weighted by molar-refractivity contribution is 0.418. The van der Waals surface area contributed by atoms with E-state index in [1.165, 1.54) is 31.6 Å². The minimum absolute atomic E-state index is 0.0712. The van der Waals surface area contributed by atoms with Crippen LogP contribution in [0.3, 0.4) is 0 Å². The molecule has 0 aliphatic heterocycles. The maximum atomic E-state index is 11.3. The summed E-state index contributed by atoms with van der Waals surface area (Å²) in [5.74, 6) is 0.451. The van der Waals surface area contributed by atoms with Gasteiger partial charge >= 0.3 is 0 Å². The molecule has 0 aliphatic rings. The van der Waals surface area contributed by atoms with Gasteiger partial charge in [-0.3, -0.25) is 4.98 Å². The maximum Gasteiger partial charge on any atom is 0.263 e. The van der Waals surface area contributed by atoms with Crippen LogP contribution >= 0.6 is 10.7 Å². The van der Waals surface area contributed by atoms with Gasteiger partial charge in [0, 0.05) is 23.1 Å². The van der Waals surface area contributed by atoms with Gasteiger partial charge in [0.2, 0.25) is 0 Å². The lowest BCUT2D eigenvalue weighted by atomic mass is 10.3. The highest BCUT2D eigenvalue weighted by Gasteiger charge is 2.17. The summed E-state index contributed by atoms with van der Waals surface area (Å²) in [6.07, 6.45) is 2.85. The van der Waals surface area contributed by atoms with Crippen molar-refractivity contribution in [1.82, 2.24) is 9.97 Å². The maximum absolute atomic E-state index is 11.3. The van der Waals surface area contributed by atoms with Gasteiger partial charge in [-0.1, -0.05) is 0 Å². The minimum Gasteiger partial charge on any atom is -0.494 e. The zero-order valence-electron chi connectivity index (χ0n) is 8.21. The Hall–Kier alpha value is -1.40. The molecule has 16 heavy (non-hydrogen) atoms. The fourth-order valence-electron chi connectivity index (χ4n) is 1.37. The third kappa shape index (κ3) is 1.81. The molecule has 1 heterocycles. The summed E-state index contributed by atoms with van der Waals surface area (Å²) in [5.41, 5.74) is 0.573. The number of aromatic nitrogens is 2. The molecule has 7 heteroatoms. The zero-order chi connectivity index (χ0) is 11.8. The highest BCUT2D eigenvalue weighted by molar-refractivity contribution is 8.14. The van der Waals surface area contributed by atoms with Crippen LogP contribution in [0.4, 0.5) is 0 Å². The average molecular weight is 259 g/mol. The first-order chi connectivity index (χ1) is 7.54. The van der Waals surface area contributed by atoms with Crippen LogP contribution in [0.2, 0.25) is 0 Å². The van der Waals surface area contributed by atoms with Crippen LogP contribution in [0.1, 0.15) is 0 Å². The molecule has 5 nitrogen and oxygen atoms in total. The molecule has 1 aromatic heterocycles. The molecule has 0 unspecified atom stereocenters.